The second-order valence-corrected chi connectivity index (χ2v) is 6.46. The highest BCUT2D eigenvalue weighted by Crippen LogP contribution is 2.37. The van der Waals surface area contributed by atoms with Crippen LogP contribution in [0.1, 0.15) is 22.8 Å². The summed E-state index contributed by atoms with van der Waals surface area (Å²) in [5.41, 5.74) is -4.18. The van der Waals surface area contributed by atoms with Crippen molar-refractivity contribution in [3.63, 3.8) is 0 Å². The number of aliphatic carboxylic acids is 1. The molecule has 0 fully saturated rings. The molecule has 0 saturated heterocycles. The Hall–Kier alpha value is -1.28. The molecule has 8 heteroatoms. The molecule has 114 valence electrons. The van der Waals surface area contributed by atoms with Gasteiger partial charge in [-0.1, -0.05) is 22.0 Å². The zero-order valence-electron chi connectivity index (χ0n) is 10.6. The maximum Gasteiger partial charge on any atom is 0.446 e. The average molecular weight is 383 g/mol. The van der Waals surface area contributed by atoms with Crippen LogP contribution in [0, 0.1) is 0 Å². The first-order chi connectivity index (χ1) is 9.60. The lowest BCUT2D eigenvalue weighted by Gasteiger charge is -2.11. The number of carbonyl (C=O) groups is 2. The minimum atomic E-state index is -4.46. The van der Waals surface area contributed by atoms with Crippen molar-refractivity contribution >= 4 is 45.5 Å². The van der Waals surface area contributed by atoms with E-state index in [9.17, 15) is 22.8 Å². The first-order valence-corrected chi connectivity index (χ1v) is 7.32. The van der Waals surface area contributed by atoms with Crippen LogP contribution < -0.4 is 0 Å². The third kappa shape index (κ3) is 5.92. The molecule has 0 spiro atoms. The molecule has 0 aliphatic rings. The van der Waals surface area contributed by atoms with Crippen molar-refractivity contribution in [1.82, 2.24) is 0 Å². The number of thioether (sulfide) groups is 1. The summed E-state index contributed by atoms with van der Waals surface area (Å²) < 4.78 is 37.1. The standard InChI is InChI=1S/C13H10BrF3O3S/c1-7(14)12(20)10-6-9(21-13(15,16)17)4-2-8(10)3-5-11(18)19/h2-7H,1H3,(H,18,19). The van der Waals surface area contributed by atoms with Crippen LogP contribution in [-0.4, -0.2) is 27.2 Å². The molecule has 1 rings (SSSR count). The molecule has 0 aromatic heterocycles. The molecule has 0 aliphatic carbocycles. The Balaban J connectivity index is 3.26. The van der Waals surface area contributed by atoms with Gasteiger partial charge >= 0.3 is 11.5 Å². The van der Waals surface area contributed by atoms with Gasteiger partial charge < -0.3 is 5.11 Å². The maximum absolute atomic E-state index is 12.4. The van der Waals surface area contributed by atoms with Gasteiger partial charge in [0.15, 0.2) is 5.78 Å². The Morgan fingerprint density at radius 2 is 2.00 bits per heavy atom. The summed E-state index contributed by atoms with van der Waals surface area (Å²) in [5.74, 6) is -1.64. The van der Waals surface area contributed by atoms with Crippen LogP contribution in [-0.2, 0) is 4.79 Å². The number of benzene rings is 1. The summed E-state index contributed by atoms with van der Waals surface area (Å²) >= 11 is 2.73. The number of rotatable bonds is 5. The molecule has 3 nitrogen and oxygen atoms in total. The van der Waals surface area contributed by atoms with E-state index in [4.69, 9.17) is 5.11 Å². The molecule has 0 saturated carbocycles. The molecule has 0 aliphatic heterocycles. The Morgan fingerprint density at radius 3 is 2.48 bits per heavy atom. The van der Waals surface area contributed by atoms with E-state index in [1.165, 1.54) is 25.1 Å². The van der Waals surface area contributed by atoms with Gasteiger partial charge in [0.1, 0.15) is 0 Å². The quantitative estimate of drug-likeness (QED) is 0.355. The Bertz CT molecular complexity index is 583. The van der Waals surface area contributed by atoms with Crippen molar-refractivity contribution < 1.29 is 27.9 Å². The Morgan fingerprint density at radius 1 is 1.38 bits per heavy atom. The number of alkyl halides is 4. The van der Waals surface area contributed by atoms with Crippen LogP contribution in [0.2, 0.25) is 0 Å². The fraction of sp³-hybridized carbons (Fsp3) is 0.231. The molecule has 1 N–H and O–H groups in total. The van der Waals surface area contributed by atoms with Crippen molar-refractivity contribution in [1.29, 1.82) is 0 Å². The predicted octanol–water partition coefficient (Wildman–Crippen LogP) is 4.36. The van der Waals surface area contributed by atoms with Crippen LogP contribution in [0.5, 0.6) is 0 Å². The van der Waals surface area contributed by atoms with E-state index < -0.39 is 22.1 Å². The summed E-state index contributed by atoms with van der Waals surface area (Å²) in [7, 11) is 0. The predicted molar refractivity (Wildman–Crippen MR) is 77.7 cm³/mol. The van der Waals surface area contributed by atoms with Gasteiger partial charge in [-0.2, -0.15) is 13.2 Å². The van der Waals surface area contributed by atoms with Gasteiger partial charge in [0, 0.05) is 16.5 Å². The minimum Gasteiger partial charge on any atom is -0.478 e. The minimum absolute atomic E-state index is 0.0334. The van der Waals surface area contributed by atoms with Gasteiger partial charge in [0.05, 0.1) is 4.83 Å². The topological polar surface area (TPSA) is 54.4 Å². The van der Waals surface area contributed by atoms with Crippen molar-refractivity contribution in [3.8, 4) is 0 Å². The SMILES string of the molecule is CC(Br)C(=O)c1cc(SC(F)(F)F)ccc1C=CC(=O)O. The van der Waals surface area contributed by atoms with E-state index in [0.29, 0.717) is 0 Å². The molecule has 0 heterocycles. The monoisotopic (exact) mass is 382 g/mol. The molecule has 1 aromatic rings. The number of Topliss-reactive ketones (excluding diaryl/α,β-unsaturated/α-hetero) is 1. The van der Waals surface area contributed by atoms with Crippen LogP contribution >= 0.6 is 27.7 Å². The second-order valence-electron chi connectivity index (χ2n) is 3.95. The van der Waals surface area contributed by atoms with Gasteiger partial charge in [-0.05, 0) is 42.5 Å². The van der Waals surface area contributed by atoms with Gasteiger partial charge in [-0.25, -0.2) is 4.79 Å². The van der Waals surface area contributed by atoms with Crippen molar-refractivity contribution in [2.75, 3.05) is 0 Å². The lowest BCUT2D eigenvalue weighted by Crippen LogP contribution is -2.12. The highest BCUT2D eigenvalue weighted by atomic mass is 79.9. The summed E-state index contributed by atoms with van der Waals surface area (Å²) in [4.78, 5) is 21.8. The van der Waals surface area contributed by atoms with E-state index in [1.807, 2.05) is 0 Å². The average Bonchev–Trinajstić information content (AvgIpc) is 2.34. The highest BCUT2D eigenvalue weighted by molar-refractivity contribution is 9.10. The largest absolute Gasteiger partial charge is 0.478 e. The smallest absolute Gasteiger partial charge is 0.446 e. The van der Waals surface area contributed by atoms with E-state index in [0.717, 1.165) is 12.1 Å². The zero-order chi connectivity index (χ0) is 16.2. The maximum atomic E-state index is 12.4. The third-order valence-corrected chi connectivity index (χ3v) is 3.43. The number of hydrogen-bond acceptors (Lipinski definition) is 3. The highest BCUT2D eigenvalue weighted by Gasteiger charge is 2.30. The van der Waals surface area contributed by atoms with Gasteiger partial charge in [-0.3, -0.25) is 4.79 Å². The lowest BCUT2D eigenvalue weighted by atomic mass is 10.0. The molecule has 21 heavy (non-hydrogen) atoms. The molecule has 0 radical (unpaired) electrons. The first-order valence-electron chi connectivity index (χ1n) is 5.59. The molecule has 1 aromatic carbocycles. The molecule has 0 amide bonds. The number of halogens is 4. The van der Waals surface area contributed by atoms with E-state index in [2.05, 4.69) is 15.9 Å². The molecule has 1 unspecified atom stereocenters. The van der Waals surface area contributed by atoms with E-state index in [-0.39, 0.29) is 27.8 Å². The Kier molecular flexibility index (Phi) is 6.03. The van der Waals surface area contributed by atoms with Gasteiger partial charge in [0.25, 0.3) is 0 Å². The van der Waals surface area contributed by atoms with Crippen LogP contribution in [0.25, 0.3) is 6.08 Å². The number of ketones is 1. The summed E-state index contributed by atoms with van der Waals surface area (Å²) in [6.45, 7) is 1.54. The van der Waals surface area contributed by atoms with Crippen molar-refractivity contribution in [2.45, 2.75) is 22.2 Å². The van der Waals surface area contributed by atoms with Crippen LogP contribution in [0.3, 0.4) is 0 Å². The van der Waals surface area contributed by atoms with Gasteiger partial charge in [0.2, 0.25) is 0 Å². The summed E-state index contributed by atoms with van der Waals surface area (Å²) in [6.07, 6.45) is 1.99. The fourth-order valence-electron chi connectivity index (χ4n) is 1.47. The molecule has 1 atom stereocenters. The fourth-order valence-corrected chi connectivity index (χ4v) is 2.29. The van der Waals surface area contributed by atoms with E-state index >= 15 is 0 Å². The number of carbonyl (C=O) groups excluding carboxylic acids is 1. The second kappa shape index (κ2) is 7.13. The Labute approximate surface area is 131 Å². The van der Waals surface area contributed by atoms with Gasteiger partial charge in [-0.15, -0.1) is 0 Å². The first kappa shape index (κ1) is 17.8. The zero-order valence-corrected chi connectivity index (χ0v) is 13.1. The summed E-state index contributed by atoms with van der Waals surface area (Å²) in [6, 6.07) is 3.59. The third-order valence-electron chi connectivity index (χ3n) is 2.29. The lowest BCUT2D eigenvalue weighted by molar-refractivity contribution is -0.131. The summed E-state index contributed by atoms with van der Waals surface area (Å²) in [5, 5.41) is 8.59. The van der Waals surface area contributed by atoms with Crippen LogP contribution in [0.15, 0.2) is 29.2 Å². The number of carboxylic acids is 1. The number of carboxylic acid groups (broad SMARTS) is 1. The van der Waals surface area contributed by atoms with Crippen LogP contribution in [0.4, 0.5) is 13.2 Å². The van der Waals surface area contributed by atoms with E-state index in [1.54, 1.807) is 0 Å². The van der Waals surface area contributed by atoms with Crippen molar-refractivity contribution in [2.24, 2.45) is 0 Å². The molecule has 0 bridgehead atoms. The number of hydrogen-bond donors (Lipinski definition) is 1. The normalized spacial score (nSPS) is 13.4. The van der Waals surface area contributed by atoms with Crippen molar-refractivity contribution in [3.05, 3.63) is 35.4 Å². The molecular formula is C13H10BrF3O3S. The molecular weight excluding hydrogens is 373 g/mol.